The van der Waals surface area contributed by atoms with Gasteiger partial charge >= 0.3 is 0 Å². The van der Waals surface area contributed by atoms with Gasteiger partial charge in [0.25, 0.3) is 0 Å². The van der Waals surface area contributed by atoms with Crippen molar-refractivity contribution < 1.29 is 14.5 Å². The Morgan fingerprint density at radius 1 is 0.909 bits per heavy atom. The van der Waals surface area contributed by atoms with Crippen LogP contribution in [0.2, 0.25) is 0 Å². The normalized spacial score (nSPS) is 13.6. The van der Waals surface area contributed by atoms with Crippen molar-refractivity contribution in [1.29, 1.82) is 0 Å². The molecule has 2 rings (SSSR count). The lowest BCUT2D eigenvalue weighted by atomic mass is 10.0. The molecule has 0 fully saturated rings. The zero-order chi connectivity index (χ0) is 16.0. The van der Waals surface area contributed by atoms with Crippen LogP contribution in [0.15, 0.2) is 48.5 Å². The van der Waals surface area contributed by atoms with Gasteiger partial charge < -0.3 is 0 Å². The summed E-state index contributed by atoms with van der Waals surface area (Å²) in [7, 11) is 0. The van der Waals surface area contributed by atoms with Gasteiger partial charge in [-0.2, -0.15) is 4.84 Å². The molecule has 0 aromatic heterocycles. The number of quaternary nitrogens is 1. The van der Waals surface area contributed by atoms with Crippen molar-refractivity contribution in [3.63, 3.8) is 0 Å². The lowest BCUT2D eigenvalue weighted by Crippen LogP contribution is -2.50. The van der Waals surface area contributed by atoms with Gasteiger partial charge in [-0.25, -0.2) is 0 Å². The first-order chi connectivity index (χ1) is 10.6. The highest BCUT2D eigenvalue weighted by molar-refractivity contribution is 5.32. The molecule has 0 aliphatic rings. The van der Waals surface area contributed by atoms with E-state index in [1.165, 1.54) is 16.7 Å². The van der Waals surface area contributed by atoms with Gasteiger partial charge in [-0.05, 0) is 51.0 Å². The highest BCUT2D eigenvalue weighted by atomic mass is 17.0. The van der Waals surface area contributed by atoms with Crippen LogP contribution < -0.4 is 4.84 Å². The molecular formula is C19H26NO2+. The maximum absolute atomic E-state index is 6.21. The van der Waals surface area contributed by atoms with Crippen molar-refractivity contribution in [2.75, 3.05) is 13.2 Å². The molecule has 3 heteroatoms. The first kappa shape index (κ1) is 16.5. The van der Waals surface area contributed by atoms with E-state index in [0.29, 0.717) is 13.2 Å². The van der Waals surface area contributed by atoms with Crippen molar-refractivity contribution in [2.45, 2.75) is 34.2 Å². The topological polar surface area (TPSA) is 18.5 Å². The van der Waals surface area contributed by atoms with E-state index in [0.717, 1.165) is 12.3 Å². The number of para-hydroxylation sites is 1. The van der Waals surface area contributed by atoms with Gasteiger partial charge in [0, 0.05) is 10.4 Å². The quantitative estimate of drug-likeness (QED) is 0.550. The van der Waals surface area contributed by atoms with Gasteiger partial charge in [-0.15, -0.1) is 0 Å². The van der Waals surface area contributed by atoms with Gasteiger partial charge in [0.2, 0.25) is 0 Å². The second kappa shape index (κ2) is 7.43. The second-order valence-corrected chi connectivity index (χ2v) is 5.47. The van der Waals surface area contributed by atoms with Gasteiger partial charge in [0.15, 0.2) is 12.3 Å². The van der Waals surface area contributed by atoms with Crippen LogP contribution in [-0.2, 0) is 11.4 Å². The molecule has 22 heavy (non-hydrogen) atoms. The van der Waals surface area contributed by atoms with Crippen molar-refractivity contribution in [3.8, 4) is 5.75 Å². The number of nitrogens with zero attached hydrogens (tertiary/aromatic N) is 1. The molecule has 1 unspecified atom stereocenters. The molecule has 0 aliphatic heterocycles. The molecule has 3 nitrogen and oxygen atoms in total. The van der Waals surface area contributed by atoms with Gasteiger partial charge in [0.1, 0.15) is 13.2 Å². The summed E-state index contributed by atoms with van der Waals surface area (Å²) < 4.78 is 0. The van der Waals surface area contributed by atoms with E-state index < -0.39 is 0 Å². The largest absolute Gasteiger partial charge is 0.280 e. The minimum absolute atomic E-state index is 0.144. The van der Waals surface area contributed by atoms with Crippen LogP contribution in [0.3, 0.4) is 0 Å². The fourth-order valence-corrected chi connectivity index (χ4v) is 2.52. The predicted molar refractivity (Wildman–Crippen MR) is 89.1 cm³/mol. The highest BCUT2D eigenvalue weighted by Crippen LogP contribution is 2.24. The second-order valence-electron chi connectivity index (χ2n) is 5.47. The molecule has 0 heterocycles. The van der Waals surface area contributed by atoms with Gasteiger partial charge in [-0.1, -0.05) is 36.4 Å². The third-order valence-corrected chi connectivity index (χ3v) is 3.99. The molecule has 0 N–H and O–H groups in total. The number of aryl methyl sites for hydroxylation is 1. The molecule has 0 saturated carbocycles. The minimum atomic E-state index is 0.144. The standard InChI is InChI=1S/C19H26NO2/c1-5-20(21-6-2,22-19-13-8-7-9-14-19)15-18-12-10-11-16(3)17(18)4/h7-14H,5-6,15H2,1-4H3/q+1. The molecule has 118 valence electrons. The average molecular weight is 300 g/mol. The first-order valence-corrected chi connectivity index (χ1v) is 7.91. The Morgan fingerprint density at radius 3 is 2.27 bits per heavy atom. The zero-order valence-corrected chi connectivity index (χ0v) is 14.0. The van der Waals surface area contributed by atoms with Gasteiger partial charge in [0.05, 0.1) is 0 Å². The van der Waals surface area contributed by atoms with Crippen LogP contribution in [0.4, 0.5) is 0 Å². The number of rotatable bonds is 7. The maximum atomic E-state index is 6.21. The van der Waals surface area contributed by atoms with Crippen LogP contribution in [-0.4, -0.2) is 18.0 Å². The van der Waals surface area contributed by atoms with Crippen LogP contribution in [0.1, 0.15) is 30.5 Å². The minimum Gasteiger partial charge on any atom is -0.280 e. The number of hydrogen-bond acceptors (Lipinski definition) is 2. The number of hydrogen-bond donors (Lipinski definition) is 0. The van der Waals surface area contributed by atoms with E-state index in [-0.39, 0.29) is 4.81 Å². The lowest BCUT2D eigenvalue weighted by molar-refractivity contribution is -1.23. The lowest BCUT2D eigenvalue weighted by Gasteiger charge is -2.32. The molecule has 2 aromatic rings. The van der Waals surface area contributed by atoms with Crippen LogP contribution >= 0.6 is 0 Å². The third-order valence-electron chi connectivity index (χ3n) is 3.99. The molecule has 1 atom stereocenters. The Kier molecular flexibility index (Phi) is 5.58. The summed E-state index contributed by atoms with van der Waals surface area (Å²) in [6.45, 7) is 10.4. The molecule has 2 aromatic carbocycles. The van der Waals surface area contributed by atoms with E-state index in [4.69, 9.17) is 9.68 Å². The Hall–Kier alpha value is -1.84. The fourth-order valence-electron chi connectivity index (χ4n) is 2.52. The van der Waals surface area contributed by atoms with E-state index in [9.17, 15) is 0 Å². The van der Waals surface area contributed by atoms with Crippen molar-refractivity contribution in [1.82, 2.24) is 0 Å². The summed E-state index contributed by atoms with van der Waals surface area (Å²) in [5, 5.41) is 0. The summed E-state index contributed by atoms with van der Waals surface area (Å²) in [5.41, 5.74) is 3.85. The third kappa shape index (κ3) is 3.87. The van der Waals surface area contributed by atoms with Crippen molar-refractivity contribution in [2.24, 2.45) is 0 Å². The smallest absolute Gasteiger partial charge is 0.194 e. The number of benzene rings is 2. The number of hydroxylamine groups is 4. The Morgan fingerprint density at radius 2 is 1.64 bits per heavy atom. The van der Waals surface area contributed by atoms with Crippen LogP contribution in [0.5, 0.6) is 5.75 Å². The van der Waals surface area contributed by atoms with E-state index in [1.54, 1.807) is 0 Å². The molecule has 0 radical (unpaired) electrons. The van der Waals surface area contributed by atoms with Crippen molar-refractivity contribution >= 4 is 0 Å². The summed E-state index contributed by atoms with van der Waals surface area (Å²) in [6.07, 6.45) is 0. The van der Waals surface area contributed by atoms with Gasteiger partial charge in [-0.3, -0.25) is 4.84 Å². The predicted octanol–water partition coefficient (Wildman–Crippen LogP) is 4.59. The molecule has 0 aliphatic carbocycles. The Labute approximate surface area is 133 Å². The zero-order valence-electron chi connectivity index (χ0n) is 14.0. The SMILES string of the molecule is CCO[N+](CC)(Cc1cccc(C)c1C)Oc1ccccc1. The molecule has 0 bridgehead atoms. The Bertz CT molecular complexity index is 598. The summed E-state index contributed by atoms with van der Waals surface area (Å²) >= 11 is 0. The average Bonchev–Trinajstić information content (AvgIpc) is 2.53. The van der Waals surface area contributed by atoms with Crippen LogP contribution in [0, 0.1) is 13.8 Å². The summed E-state index contributed by atoms with van der Waals surface area (Å²) in [6, 6.07) is 16.2. The monoisotopic (exact) mass is 300 g/mol. The van der Waals surface area contributed by atoms with E-state index >= 15 is 0 Å². The summed E-state index contributed by atoms with van der Waals surface area (Å²) in [5.74, 6) is 0.822. The maximum Gasteiger partial charge on any atom is 0.194 e. The first-order valence-electron chi connectivity index (χ1n) is 7.91. The summed E-state index contributed by atoms with van der Waals surface area (Å²) in [4.78, 5) is 12.3. The molecular weight excluding hydrogens is 274 g/mol. The Balaban J connectivity index is 2.30. The highest BCUT2D eigenvalue weighted by Gasteiger charge is 2.32. The van der Waals surface area contributed by atoms with E-state index in [2.05, 4.69) is 39.0 Å². The molecule has 0 saturated heterocycles. The fraction of sp³-hybridized carbons (Fsp3) is 0.368. The van der Waals surface area contributed by atoms with E-state index in [1.807, 2.05) is 37.3 Å². The molecule has 0 amide bonds. The van der Waals surface area contributed by atoms with Crippen LogP contribution in [0.25, 0.3) is 0 Å². The molecule has 0 spiro atoms. The van der Waals surface area contributed by atoms with Crippen molar-refractivity contribution in [3.05, 3.63) is 65.2 Å².